The molecule has 1 aliphatic rings. The van der Waals surface area contributed by atoms with Gasteiger partial charge in [-0.2, -0.15) is 13.2 Å². The molecule has 0 bridgehead atoms. The Morgan fingerprint density at radius 3 is 2.06 bits per heavy atom. The normalized spacial score (nSPS) is 14.2. The molecule has 1 N–H and O–H groups in total. The summed E-state index contributed by atoms with van der Waals surface area (Å²) in [5.41, 5.74) is 0.0296. The molecule has 1 fully saturated rings. The fraction of sp³-hybridized carbons (Fsp3) is 0.348. The molecule has 3 rings (SSSR count). The molecule has 1 heterocycles. The van der Waals surface area contributed by atoms with Gasteiger partial charge in [-0.3, -0.25) is 14.4 Å². The minimum absolute atomic E-state index is 0.0997. The number of benzene rings is 2. The summed E-state index contributed by atoms with van der Waals surface area (Å²) in [6.45, 7) is 2.74. The lowest BCUT2D eigenvalue weighted by Crippen LogP contribution is -2.51. The van der Waals surface area contributed by atoms with Crippen LogP contribution in [0.15, 0.2) is 48.5 Å². The Balaban J connectivity index is 1.49. The van der Waals surface area contributed by atoms with Crippen molar-refractivity contribution >= 4 is 17.7 Å². The Hall–Kier alpha value is -3.36. The van der Waals surface area contributed by atoms with Crippen LogP contribution < -0.4 is 5.32 Å². The van der Waals surface area contributed by atoms with Crippen molar-refractivity contribution in [2.24, 2.45) is 0 Å². The fourth-order valence-corrected chi connectivity index (χ4v) is 3.61. The van der Waals surface area contributed by atoms with Gasteiger partial charge in [-0.25, -0.2) is 0 Å². The van der Waals surface area contributed by atoms with E-state index in [-0.39, 0.29) is 51.0 Å². The highest BCUT2D eigenvalue weighted by Gasteiger charge is 2.36. The summed E-state index contributed by atoms with van der Waals surface area (Å²) < 4.78 is 39.6. The first kappa shape index (κ1) is 23.3. The lowest BCUT2D eigenvalue weighted by atomic mass is 10.1. The Morgan fingerprint density at radius 2 is 1.44 bits per heavy atom. The van der Waals surface area contributed by atoms with E-state index in [1.165, 1.54) is 23.1 Å². The molecule has 1 saturated heterocycles. The largest absolute Gasteiger partial charge is 0.417 e. The van der Waals surface area contributed by atoms with Gasteiger partial charge in [0.15, 0.2) is 0 Å². The van der Waals surface area contributed by atoms with Gasteiger partial charge in [-0.1, -0.05) is 30.3 Å². The summed E-state index contributed by atoms with van der Waals surface area (Å²) in [5, 5.41) is 2.72. The van der Waals surface area contributed by atoms with Crippen molar-refractivity contribution in [1.29, 1.82) is 0 Å². The van der Waals surface area contributed by atoms with E-state index >= 15 is 0 Å². The van der Waals surface area contributed by atoms with Crippen molar-refractivity contribution in [3.8, 4) is 0 Å². The number of piperazine rings is 1. The Morgan fingerprint density at radius 1 is 0.875 bits per heavy atom. The minimum atomic E-state index is -4.62. The van der Waals surface area contributed by atoms with Gasteiger partial charge in [-0.05, 0) is 30.7 Å². The molecular formula is C23H24F3N3O3. The second kappa shape index (κ2) is 9.84. The zero-order valence-corrected chi connectivity index (χ0v) is 17.6. The molecule has 0 atom stereocenters. The highest BCUT2D eigenvalue weighted by atomic mass is 19.4. The zero-order valence-electron chi connectivity index (χ0n) is 17.6. The van der Waals surface area contributed by atoms with E-state index < -0.39 is 23.2 Å². The van der Waals surface area contributed by atoms with Crippen molar-refractivity contribution < 1.29 is 27.6 Å². The molecule has 2 aromatic carbocycles. The SMILES string of the molecule is Cc1ccccc1C(=O)NCCC(=O)N1CCN(C(=O)c2ccccc2C(F)(F)F)CC1. The first-order valence-electron chi connectivity index (χ1n) is 10.3. The van der Waals surface area contributed by atoms with Crippen LogP contribution in [0.4, 0.5) is 13.2 Å². The predicted octanol–water partition coefficient (Wildman–Crippen LogP) is 3.12. The van der Waals surface area contributed by atoms with Crippen molar-refractivity contribution in [2.45, 2.75) is 19.5 Å². The monoisotopic (exact) mass is 447 g/mol. The number of rotatable bonds is 5. The van der Waals surface area contributed by atoms with E-state index in [1.54, 1.807) is 17.0 Å². The lowest BCUT2D eigenvalue weighted by molar-refractivity contribution is -0.138. The van der Waals surface area contributed by atoms with Crippen LogP contribution in [0.2, 0.25) is 0 Å². The number of hydrogen-bond donors (Lipinski definition) is 1. The van der Waals surface area contributed by atoms with Gasteiger partial charge < -0.3 is 15.1 Å². The summed E-state index contributed by atoms with van der Waals surface area (Å²) >= 11 is 0. The quantitative estimate of drug-likeness (QED) is 0.766. The van der Waals surface area contributed by atoms with Crippen LogP contribution >= 0.6 is 0 Å². The number of carbonyl (C=O) groups excluding carboxylic acids is 3. The maximum absolute atomic E-state index is 13.2. The van der Waals surface area contributed by atoms with E-state index in [1.807, 2.05) is 19.1 Å². The Bertz CT molecular complexity index is 999. The van der Waals surface area contributed by atoms with E-state index in [2.05, 4.69) is 5.32 Å². The number of carbonyl (C=O) groups is 3. The number of nitrogens with one attached hydrogen (secondary N) is 1. The molecular weight excluding hydrogens is 423 g/mol. The third kappa shape index (κ3) is 5.46. The first-order chi connectivity index (χ1) is 15.2. The summed E-state index contributed by atoms with van der Waals surface area (Å²) in [6, 6.07) is 11.8. The molecule has 6 nitrogen and oxygen atoms in total. The second-order valence-electron chi connectivity index (χ2n) is 7.54. The molecule has 0 radical (unpaired) electrons. The molecule has 170 valence electrons. The highest BCUT2D eigenvalue weighted by Crippen LogP contribution is 2.32. The summed E-state index contributed by atoms with van der Waals surface area (Å²) in [4.78, 5) is 40.2. The van der Waals surface area contributed by atoms with Gasteiger partial charge in [0.05, 0.1) is 11.1 Å². The smallest absolute Gasteiger partial charge is 0.352 e. The highest BCUT2D eigenvalue weighted by molar-refractivity contribution is 5.96. The molecule has 0 aromatic heterocycles. The first-order valence-corrected chi connectivity index (χ1v) is 10.3. The Kier molecular flexibility index (Phi) is 7.17. The van der Waals surface area contributed by atoms with Crippen LogP contribution in [0.1, 0.15) is 38.3 Å². The Labute approximate surface area is 184 Å². The van der Waals surface area contributed by atoms with Gasteiger partial charge in [-0.15, -0.1) is 0 Å². The van der Waals surface area contributed by atoms with Gasteiger partial charge in [0.25, 0.3) is 11.8 Å². The van der Waals surface area contributed by atoms with Crippen LogP contribution in [0.5, 0.6) is 0 Å². The van der Waals surface area contributed by atoms with Gasteiger partial charge in [0, 0.05) is 44.7 Å². The molecule has 9 heteroatoms. The number of alkyl halides is 3. The molecule has 1 aliphatic heterocycles. The van der Waals surface area contributed by atoms with Gasteiger partial charge in [0.1, 0.15) is 0 Å². The molecule has 0 aliphatic carbocycles. The number of nitrogens with zero attached hydrogens (tertiary/aromatic N) is 2. The third-order valence-corrected chi connectivity index (χ3v) is 5.40. The second-order valence-corrected chi connectivity index (χ2v) is 7.54. The molecule has 3 amide bonds. The summed E-state index contributed by atoms with van der Waals surface area (Å²) in [6.07, 6.45) is -4.52. The molecule has 32 heavy (non-hydrogen) atoms. The standard InChI is InChI=1S/C23H24F3N3O3/c1-16-6-2-3-7-17(16)21(31)27-11-10-20(30)28-12-14-29(15-13-28)22(32)18-8-4-5-9-19(18)23(24,25)26/h2-9H,10-15H2,1H3,(H,27,31). The summed E-state index contributed by atoms with van der Waals surface area (Å²) in [5.74, 6) is -1.14. The number of aryl methyl sites for hydroxylation is 1. The number of hydrogen-bond acceptors (Lipinski definition) is 3. The van der Waals surface area contributed by atoms with Crippen LogP contribution in [-0.2, 0) is 11.0 Å². The van der Waals surface area contributed by atoms with Crippen molar-refractivity contribution in [3.63, 3.8) is 0 Å². The molecule has 0 spiro atoms. The van der Waals surface area contributed by atoms with Crippen LogP contribution in [-0.4, -0.2) is 60.2 Å². The van der Waals surface area contributed by atoms with Crippen molar-refractivity contribution in [1.82, 2.24) is 15.1 Å². The van der Waals surface area contributed by atoms with Gasteiger partial charge in [0.2, 0.25) is 5.91 Å². The maximum atomic E-state index is 13.2. The van der Waals surface area contributed by atoms with Crippen molar-refractivity contribution in [3.05, 3.63) is 70.8 Å². The van der Waals surface area contributed by atoms with E-state index in [9.17, 15) is 27.6 Å². The van der Waals surface area contributed by atoms with Crippen LogP contribution in [0, 0.1) is 6.92 Å². The topological polar surface area (TPSA) is 69.7 Å². The molecule has 2 aromatic rings. The van der Waals surface area contributed by atoms with Gasteiger partial charge >= 0.3 is 6.18 Å². The van der Waals surface area contributed by atoms with E-state index in [0.29, 0.717) is 5.56 Å². The fourth-order valence-electron chi connectivity index (χ4n) is 3.61. The minimum Gasteiger partial charge on any atom is -0.352 e. The zero-order chi connectivity index (χ0) is 23.3. The lowest BCUT2D eigenvalue weighted by Gasteiger charge is -2.35. The number of halogens is 3. The maximum Gasteiger partial charge on any atom is 0.417 e. The van der Waals surface area contributed by atoms with Crippen LogP contribution in [0.3, 0.4) is 0 Å². The van der Waals surface area contributed by atoms with E-state index in [4.69, 9.17) is 0 Å². The van der Waals surface area contributed by atoms with E-state index in [0.717, 1.165) is 11.6 Å². The van der Waals surface area contributed by atoms with Crippen LogP contribution in [0.25, 0.3) is 0 Å². The predicted molar refractivity (Wildman–Crippen MR) is 112 cm³/mol. The third-order valence-electron chi connectivity index (χ3n) is 5.40. The number of amides is 3. The molecule has 0 saturated carbocycles. The summed E-state index contributed by atoms with van der Waals surface area (Å²) in [7, 11) is 0. The van der Waals surface area contributed by atoms with Crippen molar-refractivity contribution in [2.75, 3.05) is 32.7 Å². The average Bonchev–Trinajstić information content (AvgIpc) is 2.78. The molecule has 0 unspecified atom stereocenters. The average molecular weight is 447 g/mol.